The molecule has 0 saturated heterocycles. The van der Waals surface area contributed by atoms with Gasteiger partial charge in [0.15, 0.2) is 0 Å². The molecule has 3 atom stereocenters. The number of carboxylic acids is 1. The van der Waals surface area contributed by atoms with Gasteiger partial charge in [0.25, 0.3) is 0 Å². The normalized spacial score (nSPS) is 30.3. The zero-order valence-corrected chi connectivity index (χ0v) is 10.5. The third-order valence-corrected chi connectivity index (χ3v) is 4.02. The molecule has 1 aliphatic carbocycles. The Labute approximate surface area is 98.7 Å². The van der Waals surface area contributed by atoms with Crippen LogP contribution in [0.25, 0.3) is 0 Å². The lowest BCUT2D eigenvalue weighted by Gasteiger charge is -2.35. The summed E-state index contributed by atoms with van der Waals surface area (Å²) in [5.41, 5.74) is 0. The van der Waals surface area contributed by atoms with Gasteiger partial charge in [-0.25, -0.2) is 0 Å². The molecule has 0 aromatic rings. The van der Waals surface area contributed by atoms with Crippen LogP contribution in [0, 0.1) is 23.7 Å². The molecular weight excluding hydrogens is 200 g/mol. The lowest BCUT2D eigenvalue weighted by Crippen LogP contribution is -2.32. The number of hydrogen-bond acceptors (Lipinski definition) is 1. The SMILES string of the molecule is C=CCCC1CC(C(C)C)CCC1C(=O)O. The lowest BCUT2D eigenvalue weighted by atomic mass is 9.69. The van der Waals surface area contributed by atoms with Crippen LogP contribution in [0.15, 0.2) is 12.7 Å². The van der Waals surface area contributed by atoms with E-state index in [0.29, 0.717) is 17.8 Å². The minimum absolute atomic E-state index is 0.116. The predicted octanol–water partition coefficient (Wildman–Crippen LogP) is 3.73. The van der Waals surface area contributed by atoms with Crippen LogP contribution < -0.4 is 0 Å². The second-order valence-electron chi connectivity index (χ2n) is 5.39. The van der Waals surface area contributed by atoms with Gasteiger partial charge in [0.1, 0.15) is 0 Å². The summed E-state index contributed by atoms with van der Waals surface area (Å²) in [5, 5.41) is 9.21. The number of rotatable bonds is 5. The summed E-state index contributed by atoms with van der Waals surface area (Å²) in [4.78, 5) is 11.2. The minimum atomic E-state index is -0.601. The third kappa shape index (κ3) is 3.36. The van der Waals surface area contributed by atoms with Gasteiger partial charge >= 0.3 is 5.97 Å². The highest BCUT2D eigenvalue weighted by Crippen LogP contribution is 2.39. The largest absolute Gasteiger partial charge is 0.481 e. The lowest BCUT2D eigenvalue weighted by molar-refractivity contribution is -0.145. The molecule has 1 N–H and O–H groups in total. The van der Waals surface area contributed by atoms with Crippen LogP contribution in [-0.2, 0) is 4.79 Å². The Hall–Kier alpha value is -0.790. The van der Waals surface area contributed by atoms with E-state index in [4.69, 9.17) is 0 Å². The van der Waals surface area contributed by atoms with Crippen molar-refractivity contribution >= 4 is 5.97 Å². The highest BCUT2D eigenvalue weighted by Gasteiger charge is 2.35. The Morgan fingerprint density at radius 1 is 1.50 bits per heavy atom. The van der Waals surface area contributed by atoms with E-state index in [1.807, 2.05) is 6.08 Å². The van der Waals surface area contributed by atoms with E-state index in [9.17, 15) is 9.90 Å². The van der Waals surface area contributed by atoms with Crippen molar-refractivity contribution < 1.29 is 9.90 Å². The van der Waals surface area contributed by atoms with Crippen LogP contribution in [0.5, 0.6) is 0 Å². The van der Waals surface area contributed by atoms with Crippen molar-refractivity contribution in [3.8, 4) is 0 Å². The Kier molecular flexibility index (Phi) is 5.04. The molecule has 0 radical (unpaired) electrons. The molecule has 1 rings (SSSR count). The van der Waals surface area contributed by atoms with Gasteiger partial charge in [-0.3, -0.25) is 4.79 Å². The first-order valence-electron chi connectivity index (χ1n) is 6.40. The first-order chi connectivity index (χ1) is 7.56. The van der Waals surface area contributed by atoms with E-state index in [0.717, 1.165) is 32.1 Å². The van der Waals surface area contributed by atoms with Crippen molar-refractivity contribution in [2.24, 2.45) is 23.7 Å². The first kappa shape index (κ1) is 13.3. The molecule has 1 fully saturated rings. The highest BCUT2D eigenvalue weighted by molar-refractivity contribution is 5.70. The summed E-state index contributed by atoms with van der Waals surface area (Å²) in [6, 6.07) is 0. The van der Waals surface area contributed by atoms with Crippen LogP contribution >= 0.6 is 0 Å². The van der Waals surface area contributed by atoms with Gasteiger partial charge in [-0.2, -0.15) is 0 Å². The molecule has 3 unspecified atom stereocenters. The van der Waals surface area contributed by atoms with Gasteiger partial charge in [0.2, 0.25) is 0 Å². The molecule has 0 heterocycles. The first-order valence-corrected chi connectivity index (χ1v) is 6.40. The van der Waals surface area contributed by atoms with Crippen LogP contribution in [-0.4, -0.2) is 11.1 Å². The van der Waals surface area contributed by atoms with Crippen molar-refractivity contribution in [3.05, 3.63) is 12.7 Å². The maximum absolute atomic E-state index is 11.2. The smallest absolute Gasteiger partial charge is 0.306 e. The molecule has 0 aromatic carbocycles. The molecule has 2 nitrogen and oxygen atoms in total. The van der Waals surface area contributed by atoms with E-state index < -0.39 is 5.97 Å². The van der Waals surface area contributed by atoms with Crippen LogP contribution in [0.2, 0.25) is 0 Å². The predicted molar refractivity (Wildman–Crippen MR) is 66.2 cm³/mol. The zero-order valence-electron chi connectivity index (χ0n) is 10.5. The molecule has 0 aromatic heterocycles. The maximum atomic E-state index is 11.2. The van der Waals surface area contributed by atoms with Crippen molar-refractivity contribution in [2.75, 3.05) is 0 Å². The highest BCUT2D eigenvalue weighted by atomic mass is 16.4. The van der Waals surface area contributed by atoms with E-state index in [1.165, 1.54) is 0 Å². The summed E-state index contributed by atoms with van der Waals surface area (Å²) in [6.07, 6.45) is 6.86. The van der Waals surface area contributed by atoms with Gasteiger partial charge in [0.05, 0.1) is 5.92 Å². The van der Waals surface area contributed by atoms with E-state index in [-0.39, 0.29) is 5.92 Å². The quantitative estimate of drug-likeness (QED) is 0.722. The monoisotopic (exact) mass is 224 g/mol. The second-order valence-corrected chi connectivity index (χ2v) is 5.39. The van der Waals surface area contributed by atoms with Gasteiger partial charge in [0, 0.05) is 0 Å². The van der Waals surface area contributed by atoms with E-state index in [2.05, 4.69) is 20.4 Å². The van der Waals surface area contributed by atoms with Crippen molar-refractivity contribution in [1.29, 1.82) is 0 Å². The average Bonchev–Trinajstić information content (AvgIpc) is 2.25. The molecule has 92 valence electrons. The molecule has 2 heteroatoms. The summed E-state index contributed by atoms with van der Waals surface area (Å²) < 4.78 is 0. The Balaban J connectivity index is 2.61. The molecule has 0 spiro atoms. The molecule has 1 aliphatic rings. The fraction of sp³-hybridized carbons (Fsp3) is 0.786. The summed E-state index contributed by atoms with van der Waals surface area (Å²) in [6.45, 7) is 8.21. The number of aliphatic carboxylic acids is 1. The Bertz CT molecular complexity index is 245. The number of carbonyl (C=O) groups is 1. The van der Waals surface area contributed by atoms with E-state index >= 15 is 0 Å². The standard InChI is InChI=1S/C14H24O2/c1-4-5-6-12-9-11(10(2)3)7-8-13(12)14(15)16/h4,10-13H,1,5-9H2,2-3H3,(H,15,16). The number of hydrogen-bond donors (Lipinski definition) is 1. The third-order valence-electron chi connectivity index (χ3n) is 4.02. The van der Waals surface area contributed by atoms with Crippen molar-refractivity contribution in [2.45, 2.75) is 46.0 Å². The molecule has 1 saturated carbocycles. The second kappa shape index (κ2) is 6.07. The van der Waals surface area contributed by atoms with Crippen LogP contribution in [0.1, 0.15) is 46.0 Å². The number of allylic oxidation sites excluding steroid dienone is 1. The Morgan fingerprint density at radius 3 is 2.69 bits per heavy atom. The maximum Gasteiger partial charge on any atom is 0.306 e. The number of carboxylic acid groups (broad SMARTS) is 1. The van der Waals surface area contributed by atoms with Gasteiger partial charge in [-0.1, -0.05) is 19.9 Å². The molecular formula is C14H24O2. The molecule has 16 heavy (non-hydrogen) atoms. The topological polar surface area (TPSA) is 37.3 Å². The minimum Gasteiger partial charge on any atom is -0.481 e. The van der Waals surface area contributed by atoms with Crippen LogP contribution in [0.4, 0.5) is 0 Å². The van der Waals surface area contributed by atoms with Crippen molar-refractivity contribution in [3.63, 3.8) is 0 Å². The average molecular weight is 224 g/mol. The fourth-order valence-electron chi connectivity index (χ4n) is 2.88. The van der Waals surface area contributed by atoms with Gasteiger partial charge in [-0.15, -0.1) is 6.58 Å². The Morgan fingerprint density at radius 2 is 2.19 bits per heavy atom. The summed E-state index contributed by atoms with van der Waals surface area (Å²) in [7, 11) is 0. The van der Waals surface area contributed by atoms with Gasteiger partial charge in [-0.05, 0) is 49.9 Å². The molecule has 0 aliphatic heterocycles. The zero-order chi connectivity index (χ0) is 12.1. The fourth-order valence-corrected chi connectivity index (χ4v) is 2.88. The van der Waals surface area contributed by atoms with Gasteiger partial charge < -0.3 is 5.11 Å². The summed E-state index contributed by atoms with van der Waals surface area (Å²) in [5.74, 6) is 1.04. The molecule has 0 amide bonds. The van der Waals surface area contributed by atoms with Crippen molar-refractivity contribution in [1.82, 2.24) is 0 Å². The molecule has 0 bridgehead atoms. The van der Waals surface area contributed by atoms with E-state index in [1.54, 1.807) is 0 Å². The van der Waals surface area contributed by atoms with Crippen LogP contribution in [0.3, 0.4) is 0 Å². The summed E-state index contributed by atoms with van der Waals surface area (Å²) >= 11 is 0.